The van der Waals surface area contributed by atoms with Crippen LogP contribution in [0, 0.1) is 5.82 Å². The van der Waals surface area contributed by atoms with Crippen LogP contribution in [-0.4, -0.2) is 17.1 Å². The predicted molar refractivity (Wildman–Crippen MR) is 88.3 cm³/mol. The highest BCUT2D eigenvalue weighted by molar-refractivity contribution is 5.77. The number of hydrogen-bond acceptors (Lipinski definition) is 2. The van der Waals surface area contributed by atoms with E-state index in [0.717, 1.165) is 0 Å². The first-order valence-electron chi connectivity index (χ1n) is 7.69. The summed E-state index contributed by atoms with van der Waals surface area (Å²) in [6.45, 7) is 3.44. The van der Waals surface area contributed by atoms with Crippen LogP contribution in [0.2, 0.25) is 0 Å². The topological polar surface area (TPSA) is 49.3 Å². The zero-order valence-corrected chi connectivity index (χ0v) is 13.4. The molecule has 1 amide bonds. The third-order valence-corrected chi connectivity index (χ3v) is 3.79. The number of rotatable bonds is 6. The molecule has 0 radical (unpaired) electrons. The van der Waals surface area contributed by atoms with Crippen molar-refractivity contribution in [2.45, 2.75) is 38.3 Å². The molecule has 0 saturated heterocycles. The molecule has 2 unspecified atom stereocenters. The van der Waals surface area contributed by atoms with E-state index in [1.807, 2.05) is 25.1 Å². The molecule has 0 aliphatic rings. The van der Waals surface area contributed by atoms with Gasteiger partial charge in [-0.05, 0) is 37.5 Å². The Morgan fingerprint density at radius 2 is 1.78 bits per heavy atom. The highest BCUT2D eigenvalue weighted by atomic mass is 19.1. The lowest BCUT2D eigenvalue weighted by molar-refractivity contribution is -0.126. The molecule has 2 rings (SSSR count). The fourth-order valence-corrected chi connectivity index (χ4v) is 2.58. The van der Waals surface area contributed by atoms with Crippen molar-refractivity contribution < 1.29 is 14.3 Å². The van der Waals surface area contributed by atoms with E-state index in [0.29, 0.717) is 17.5 Å². The van der Waals surface area contributed by atoms with Crippen molar-refractivity contribution >= 4 is 5.91 Å². The van der Waals surface area contributed by atoms with Crippen LogP contribution in [0.4, 0.5) is 4.39 Å². The summed E-state index contributed by atoms with van der Waals surface area (Å²) in [6.07, 6.45) is 0.366. The van der Waals surface area contributed by atoms with Gasteiger partial charge in [0.2, 0.25) is 5.91 Å². The number of benzene rings is 2. The van der Waals surface area contributed by atoms with Gasteiger partial charge in [0.05, 0.1) is 12.0 Å². The van der Waals surface area contributed by atoms with Gasteiger partial charge in [0, 0.05) is 6.04 Å². The zero-order valence-electron chi connectivity index (χ0n) is 13.4. The number of amides is 1. The lowest BCUT2D eigenvalue weighted by Gasteiger charge is -2.24. The molecule has 0 aromatic heterocycles. The number of halogens is 1. The molecule has 2 aromatic rings. The number of carbonyl (C=O) groups is 1. The predicted octanol–water partition coefficient (Wildman–Crippen LogP) is 3.17. The van der Waals surface area contributed by atoms with Gasteiger partial charge in [-0.1, -0.05) is 48.5 Å². The molecular weight excluding hydrogens is 293 g/mol. The first-order chi connectivity index (χ1) is 10.9. The average molecular weight is 315 g/mol. The minimum absolute atomic E-state index is 0.0430. The molecule has 0 saturated carbocycles. The fraction of sp³-hybridized carbons (Fsp3) is 0.316. The maximum atomic E-state index is 13.6. The molecular formula is C19H22FNO2. The summed E-state index contributed by atoms with van der Waals surface area (Å²) in [5, 5.41) is 13.3. The molecule has 23 heavy (non-hydrogen) atoms. The summed E-state index contributed by atoms with van der Waals surface area (Å²) in [7, 11) is 0. The Morgan fingerprint density at radius 1 is 1.17 bits per heavy atom. The van der Waals surface area contributed by atoms with E-state index in [1.54, 1.807) is 37.3 Å². The quantitative estimate of drug-likeness (QED) is 0.860. The monoisotopic (exact) mass is 315 g/mol. The van der Waals surface area contributed by atoms with E-state index >= 15 is 0 Å². The Hall–Kier alpha value is -2.20. The Kier molecular flexibility index (Phi) is 5.50. The molecule has 0 spiro atoms. The summed E-state index contributed by atoms with van der Waals surface area (Å²) in [5.74, 6) is -0.535. The van der Waals surface area contributed by atoms with E-state index in [4.69, 9.17) is 0 Å². The Morgan fingerprint density at radius 3 is 2.43 bits per heavy atom. The third-order valence-electron chi connectivity index (χ3n) is 3.79. The molecule has 3 nitrogen and oxygen atoms in total. The second-order valence-corrected chi connectivity index (χ2v) is 6.08. The van der Waals surface area contributed by atoms with Gasteiger partial charge in [0.25, 0.3) is 0 Å². The highest BCUT2D eigenvalue weighted by Gasteiger charge is 2.27. The van der Waals surface area contributed by atoms with E-state index in [2.05, 4.69) is 5.32 Å². The smallest absolute Gasteiger partial charge is 0.223 e. The second-order valence-electron chi connectivity index (χ2n) is 6.08. The van der Waals surface area contributed by atoms with Crippen molar-refractivity contribution in [2.75, 3.05) is 0 Å². The van der Waals surface area contributed by atoms with Gasteiger partial charge < -0.3 is 10.4 Å². The maximum absolute atomic E-state index is 13.6. The van der Waals surface area contributed by atoms with E-state index in [1.165, 1.54) is 6.07 Å². The number of hydrogen-bond donors (Lipinski definition) is 2. The number of carbonyl (C=O) groups excluding carboxylic acids is 1. The minimum atomic E-state index is -1.23. The molecule has 0 aliphatic carbocycles. The van der Waals surface area contributed by atoms with Crippen LogP contribution in [0.1, 0.15) is 31.4 Å². The Labute approximate surface area is 136 Å². The second kappa shape index (κ2) is 7.38. The summed E-state index contributed by atoms with van der Waals surface area (Å²) < 4.78 is 13.6. The molecule has 0 fully saturated rings. The molecule has 122 valence electrons. The Bertz CT molecular complexity index is 655. The number of nitrogens with one attached hydrogen (secondary N) is 1. The summed E-state index contributed by atoms with van der Waals surface area (Å²) in [4.78, 5) is 12.2. The molecule has 4 heteroatoms. The van der Waals surface area contributed by atoms with E-state index in [9.17, 15) is 14.3 Å². The third kappa shape index (κ3) is 4.89. The molecule has 2 aromatic carbocycles. The lowest BCUT2D eigenvalue weighted by atomic mass is 9.92. The van der Waals surface area contributed by atoms with Gasteiger partial charge in [-0.15, -0.1) is 0 Å². The van der Waals surface area contributed by atoms with Crippen molar-refractivity contribution in [2.24, 2.45) is 0 Å². The standard InChI is InChI=1S/C19H22FNO2/c1-14(12-15-8-6-7-11-17(15)20)21-18(22)13-19(2,23)16-9-4-3-5-10-16/h3-11,14,23H,12-13H2,1-2H3,(H,21,22). The van der Waals surface area contributed by atoms with Crippen molar-refractivity contribution in [1.29, 1.82) is 0 Å². The van der Waals surface area contributed by atoms with E-state index < -0.39 is 5.60 Å². The summed E-state index contributed by atoms with van der Waals surface area (Å²) in [5.41, 5.74) is 0.0234. The van der Waals surface area contributed by atoms with Crippen LogP contribution in [0.5, 0.6) is 0 Å². The van der Waals surface area contributed by atoms with Gasteiger partial charge >= 0.3 is 0 Å². The van der Waals surface area contributed by atoms with Crippen LogP contribution >= 0.6 is 0 Å². The van der Waals surface area contributed by atoms with Crippen LogP contribution in [-0.2, 0) is 16.8 Å². The van der Waals surface area contributed by atoms with Crippen LogP contribution in [0.3, 0.4) is 0 Å². The number of aliphatic hydroxyl groups is 1. The van der Waals surface area contributed by atoms with Crippen molar-refractivity contribution in [1.82, 2.24) is 5.32 Å². The SMILES string of the molecule is CC(Cc1ccccc1F)NC(=O)CC(C)(O)c1ccccc1. The maximum Gasteiger partial charge on any atom is 0.223 e. The van der Waals surface area contributed by atoms with E-state index in [-0.39, 0.29) is 24.2 Å². The molecule has 0 aliphatic heterocycles. The van der Waals surface area contributed by atoms with Gasteiger partial charge in [0.15, 0.2) is 0 Å². The van der Waals surface area contributed by atoms with Crippen LogP contribution in [0.15, 0.2) is 54.6 Å². The average Bonchev–Trinajstić information content (AvgIpc) is 2.50. The minimum Gasteiger partial charge on any atom is -0.385 e. The largest absolute Gasteiger partial charge is 0.385 e. The van der Waals surface area contributed by atoms with Gasteiger partial charge in [-0.3, -0.25) is 4.79 Å². The van der Waals surface area contributed by atoms with Crippen molar-refractivity contribution in [3.63, 3.8) is 0 Å². The molecule has 2 N–H and O–H groups in total. The first-order valence-corrected chi connectivity index (χ1v) is 7.69. The van der Waals surface area contributed by atoms with Crippen molar-refractivity contribution in [3.05, 3.63) is 71.5 Å². The van der Waals surface area contributed by atoms with Gasteiger partial charge in [-0.2, -0.15) is 0 Å². The lowest BCUT2D eigenvalue weighted by Crippen LogP contribution is -2.38. The first kappa shape index (κ1) is 17.2. The molecule has 2 atom stereocenters. The van der Waals surface area contributed by atoms with Crippen LogP contribution < -0.4 is 5.32 Å². The van der Waals surface area contributed by atoms with Gasteiger partial charge in [0.1, 0.15) is 5.82 Å². The fourth-order valence-electron chi connectivity index (χ4n) is 2.58. The van der Waals surface area contributed by atoms with Gasteiger partial charge in [-0.25, -0.2) is 4.39 Å². The zero-order chi connectivity index (χ0) is 16.9. The Balaban J connectivity index is 1.93. The van der Waals surface area contributed by atoms with Crippen molar-refractivity contribution in [3.8, 4) is 0 Å². The molecule has 0 heterocycles. The van der Waals surface area contributed by atoms with Crippen LogP contribution in [0.25, 0.3) is 0 Å². The summed E-state index contributed by atoms with van der Waals surface area (Å²) in [6, 6.07) is 15.4. The summed E-state index contributed by atoms with van der Waals surface area (Å²) >= 11 is 0. The normalized spacial score (nSPS) is 14.8. The molecule has 0 bridgehead atoms. The highest BCUT2D eigenvalue weighted by Crippen LogP contribution is 2.24.